The summed E-state index contributed by atoms with van der Waals surface area (Å²) in [5.74, 6) is -2.18. The van der Waals surface area contributed by atoms with Gasteiger partial charge in [0.1, 0.15) is 24.7 Å². The molecule has 6 amide bonds. The lowest BCUT2D eigenvalue weighted by atomic mass is 9.98. The van der Waals surface area contributed by atoms with Gasteiger partial charge in [0.05, 0.1) is 35.5 Å². The molecular formula is C64H73N7O11. The molecule has 82 heavy (non-hydrogen) atoms. The van der Waals surface area contributed by atoms with E-state index in [0.29, 0.717) is 56.9 Å². The molecule has 5 atom stereocenters. The average Bonchev–Trinajstić information content (AvgIpc) is 4.14. The molecule has 10 rings (SSSR count). The maximum atomic E-state index is 14.5. The third-order valence-corrected chi connectivity index (χ3v) is 16.5. The quantitative estimate of drug-likeness (QED) is 0.0314. The van der Waals surface area contributed by atoms with Crippen molar-refractivity contribution < 1.29 is 47.7 Å². The van der Waals surface area contributed by atoms with Crippen molar-refractivity contribution in [2.45, 2.75) is 133 Å². The zero-order valence-corrected chi connectivity index (χ0v) is 46.7. The molecule has 1 fully saturated rings. The van der Waals surface area contributed by atoms with E-state index in [1.165, 1.54) is 10.1 Å². The van der Waals surface area contributed by atoms with E-state index in [1.807, 2.05) is 79.7 Å². The van der Waals surface area contributed by atoms with Gasteiger partial charge in [-0.2, -0.15) is 0 Å². The first kappa shape index (κ1) is 57.3. The Bertz CT molecular complexity index is 3340. The van der Waals surface area contributed by atoms with E-state index in [9.17, 15) is 33.6 Å². The molecule has 18 nitrogen and oxygen atoms in total. The van der Waals surface area contributed by atoms with E-state index in [4.69, 9.17) is 24.7 Å². The van der Waals surface area contributed by atoms with Gasteiger partial charge in [-0.05, 0) is 133 Å². The second kappa shape index (κ2) is 26.3. The van der Waals surface area contributed by atoms with Gasteiger partial charge in [0.2, 0.25) is 29.5 Å². The number of carbonyl (C=O) groups excluding carboxylic acids is 6. The van der Waals surface area contributed by atoms with Gasteiger partial charge in [-0.3, -0.25) is 43.3 Å². The van der Waals surface area contributed by atoms with Crippen molar-refractivity contribution in [3.63, 3.8) is 0 Å². The van der Waals surface area contributed by atoms with Crippen LogP contribution in [0.5, 0.6) is 0 Å². The minimum atomic E-state index is -0.932. The lowest BCUT2D eigenvalue weighted by Gasteiger charge is -2.31. The first-order valence-corrected chi connectivity index (χ1v) is 28.9. The van der Waals surface area contributed by atoms with Crippen LogP contribution < -0.4 is 32.3 Å². The number of carbonyl (C=O) groups is 6. The first-order valence-electron chi connectivity index (χ1n) is 28.9. The number of para-hydroxylation sites is 1. The van der Waals surface area contributed by atoms with Gasteiger partial charge in [0.15, 0.2) is 0 Å². The first-order chi connectivity index (χ1) is 39.8. The summed E-state index contributed by atoms with van der Waals surface area (Å²) in [7, 11) is 1.70. The summed E-state index contributed by atoms with van der Waals surface area (Å²) in [6.45, 7) is 4.80. The van der Waals surface area contributed by atoms with E-state index < -0.39 is 48.2 Å². The third kappa shape index (κ3) is 13.0. The number of unbranched alkanes of at least 4 members (excludes halogenated alkanes) is 1. The Kier molecular flexibility index (Phi) is 18.4. The van der Waals surface area contributed by atoms with Crippen LogP contribution in [0.3, 0.4) is 0 Å². The van der Waals surface area contributed by atoms with Gasteiger partial charge in [0.25, 0.3) is 0 Å². The van der Waals surface area contributed by atoms with E-state index >= 15 is 0 Å². The molecule has 0 saturated carbocycles. The summed E-state index contributed by atoms with van der Waals surface area (Å²) in [6, 6.07) is 32.9. The Labute approximate surface area is 477 Å². The van der Waals surface area contributed by atoms with Crippen molar-refractivity contribution in [3.8, 4) is 11.1 Å². The van der Waals surface area contributed by atoms with Crippen LogP contribution in [0.1, 0.15) is 116 Å². The molecule has 1 unspecified atom stereocenters. The Balaban J connectivity index is 0.631. The zero-order chi connectivity index (χ0) is 57.3. The van der Waals surface area contributed by atoms with Crippen LogP contribution in [0.15, 0.2) is 114 Å². The van der Waals surface area contributed by atoms with Crippen LogP contribution in [0.25, 0.3) is 22.2 Å². The number of alkyl carbamates (subject to hydrolysis) is 1. The van der Waals surface area contributed by atoms with Gasteiger partial charge < -0.3 is 35.3 Å². The molecule has 0 spiro atoms. The largest absolute Gasteiger partial charge is 0.449 e. The van der Waals surface area contributed by atoms with Crippen LogP contribution in [0.4, 0.5) is 10.5 Å². The molecule has 6 aromatic rings. The molecule has 3 aliphatic heterocycles. The summed E-state index contributed by atoms with van der Waals surface area (Å²) >= 11 is 0. The predicted molar refractivity (Wildman–Crippen MR) is 309 cm³/mol. The maximum absolute atomic E-state index is 14.5. The minimum absolute atomic E-state index is 0.0254. The third-order valence-electron chi connectivity index (χ3n) is 16.5. The number of imide groups is 1. The average molecular weight is 1120 g/mol. The molecule has 1 aliphatic carbocycles. The topological polar surface area (TPSA) is 232 Å². The number of benzene rings is 5. The molecule has 4 aliphatic rings. The van der Waals surface area contributed by atoms with Crippen molar-refractivity contribution in [2.75, 3.05) is 37.9 Å². The Morgan fingerprint density at radius 3 is 2.07 bits per heavy atom. The fraction of sp³-hybridized carbons (Fsp3) is 0.422. The van der Waals surface area contributed by atoms with E-state index in [-0.39, 0.29) is 68.2 Å². The fourth-order valence-electron chi connectivity index (χ4n) is 12.1. The molecule has 5 N–H and O–H groups in total. The lowest BCUT2D eigenvalue weighted by Crippen LogP contribution is -2.56. The normalized spacial score (nSPS) is 18.1. The number of ether oxygens (including phenoxy) is 4. The number of nitrogens with one attached hydrogen (secondary N) is 3. The number of hydrogen-bond acceptors (Lipinski definition) is 11. The molecule has 1 aromatic heterocycles. The Morgan fingerprint density at radius 1 is 0.732 bits per heavy atom. The van der Waals surface area contributed by atoms with E-state index in [0.717, 1.165) is 88.5 Å². The van der Waals surface area contributed by atoms with Gasteiger partial charge in [-0.1, -0.05) is 97.1 Å². The molecule has 5 aromatic carbocycles. The van der Waals surface area contributed by atoms with Crippen molar-refractivity contribution >= 4 is 52.3 Å². The highest BCUT2D eigenvalue weighted by molar-refractivity contribution is 6.07. The fourth-order valence-corrected chi connectivity index (χ4v) is 12.1. The number of nitrogens with zero attached hydrogens (tertiary/aromatic N) is 3. The molecule has 0 bridgehead atoms. The summed E-state index contributed by atoms with van der Waals surface area (Å²) in [6.07, 6.45) is 5.82. The number of fused-ring (bicyclic) bond motifs is 4. The number of imidazole rings is 1. The van der Waals surface area contributed by atoms with Gasteiger partial charge in [-0.25, -0.2) is 9.59 Å². The minimum Gasteiger partial charge on any atom is -0.449 e. The summed E-state index contributed by atoms with van der Waals surface area (Å²) in [5.41, 5.74) is 16.9. The smallest absolute Gasteiger partial charge is 0.407 e. The highest BCUT2D eigenvalue weighted by Crippen LogP contribution is 2.45. The summed E-state index contributed by atoms with van der Waals surface area (Å²) in [4.78, 5) is 93.4. The second-order valence-corrected chi connectivity index (χ2v) is 22.0. The van der Waals surface area contributed by atoms with E-state index in [1.54, 1.807) is 16.5 Å². The number of hydrogen-bond donors (Lipinski definition) is 4. The number of primary amides is 1. The highest BCUT2D eigenvalue weighted by atomic mass is 16.5. The lowest BCUT2D eigenvalue weighted by molar-refractivity contribution is -0.135. The molecule has 430 valence electrons. The maximum Gasteiger partial charge on any atom is 0.407 e. The molecule has 1 saturated heterocycles. The Hall–Kier alpha value is -7.93. The standard InChI is InChI=1S/C64H73N7O11/c1-40(81-38-43-22-20-41(21-23-43)12-10-34-79-32-7-8-33-80-35-11-13-42-24-28-53-55(36-42)69(2)64(78)70(53)54-29-31-58(73)68-60(54)74)51(27-30-57(65)72)66-61(75)56-37-45-15-9-14-44-25-26-52(62(76)71(56)59(44)45)67-63(77)82-39-50-48-18-5-3-16-46(48)47-17-4-6-19-49(47)50/h3-6,9,14-24,28,36,40,50-52,54,56H,7-8,10-13,25-27,29-35,37-39H2,1-2H3,(H2,65,72)(H,66,75)(H,67,77)(H,68,73,74)/t40-,51+,52+,54?,56+/m1/s1. The van der Waals surface area contributed by atoms with Crippen molar-refractivity contribution in [3.05, 3.63) is 159 Å². The van der Waals surface area contributed by atoms with Crippen LogP contribution in [0, 0.1) is 0 Å². The number of nitrogens with two attached hydrogens (primary N) is 1. The molecular weight excluding hydrogens is 1040 g/mol. The van der Waals surface area contributed by atoms with Gasteiger partial charge in [0, 0.05) is 58.7 Å². The van der Waals surface area contributed by atoms with E-state index in [2.05, 4.69) is 52.3 Å². The van der Waals surface area contributed by atoms with Crippen molar-refractivity contribution in [2.24, 2.45) is 12.8 Å². The zero-order valence-electron chi connectivity index (χ0n) is 46.7. The van der Waals surface area contributed by atoms with Crippen molar-refractivity contribution in [1.29, 1.82) is 0 Å². The summed E-state index contributed by atoms with van der Waals surface area (Å²) < 4.78 is 27.1. The molecule has 4 heterocycles. The van der Waals surface area contributed by atoms with Crippen molar-refractivity contribution in [1.82, 2.24) is 25.1 Å². The van der Waals surface area contributed by atoms with Gasteiger partial charge >= 0.3 is 11.8 Å². The number of piperidine rings is 1. The van der Waals surface area contributed by atoms with Gasteiger partial charge in [-0.15, -0.1) is 0 Å². The number of amides is 6. The number of aromatic nitrogens is 2. The molecule has 0 radical (unpaired) electrons. The highest BCUT2D eigenvalue weighted by Gasteiger charge is 2.45. The number of aryl methyl sites for hydroxylation is 4. The summed E-state index contributed by atoms with van der Waals surface area (Å²) in [5, 5.41) is 8.32. The second-order valence-electron chi connectivity index (χ2n) is 22.0. The SMILES string of the molecule is C[C@@H](OCc1ccc(CCCOCCCCOCCCc2ccc3c(c2)n(C)c(=O)n3C2CCC(=O)NC2=O)cc1)[C@H](CCC(N)=O)NC(=O)[C@@H]1Cc2cccc3c2N1C(=O)[C@@H](NC(=O)OCC1c2ccccc2-c2ccccc21)CC3. The van der Waals surface area contributed by atoms with Crippen LogP contribution in [0.2, 0.25) is 0 Å². The van der Waals surface area contributed by atoms with Crippen LogP contribution in [-0.4, -0.2) is 102 Å². The number of anilines is 1. The molecule has 18 heteroatoms. The van der Waals surface area contributed by atoms with Crippen LogP contribution >= 0.6 is 0 Å². The number of rotatable bonds is 26. The predicted octanol–water partition coefficient (Wildman–Crippen LogP) is 7.16. The van der Waals surface area contributed by atoms with Crippen LogP contribution in [-0.2, 0) is 82.3 Å². The Morgan fingerprint density at radius 2 is 1.38 bits per heavy atom. The monoisotopic (exact) mass is 1120 g/mol.